The van der Waals surface area contributed by atoms with Gasteiger partial charge in [0.25, 0.3) is 0 Å². The molecule has 120 valence electrons. The smallest absolute Gasteiger partial charge is 0.326 e. The quantitative estimate of drug-likeness (QED) is 0.826. The van der Waals surface area contributed by atoms with Crippen LogP contribution in [0.25, 0.3) is 0 Å². The van der Waals surface area contributed by atoms with Crippen molar-refractivity contribution in [2.45, 2.75) is 71.0 Å². The predicted molar refractivity (Wildman–Crippen MR) is 81.3 cm³/mol. The van der Waals surface area contributed by atoms with E-state index in [-0.39, 0.29) is 11.0 Å². The Morgan fingerprint density at radius 3 is 1.86 bits per heavy atom. The number of hydrogen-bond donors (Lipinski definition) is 1. The van der Waals surface area contributed by atoms with Crippen LogP contribution in [0.5, 0.6) is 0 Å². The summed E-state index contributed by atoms with van der Waals surface area (Å²) in [4.78, 5) is 0. The highest BCUT2D eigenvalue weighted by Crippen LogP contribution is 2.34. The molecule has 0 amide bonds. The van der Waals surface area contributed by atoms with Crippen LogP contribution in [0.15, 0.2) is 18.2 Å². The van der Waals surface area contributed by atoms with Gasteiger partial charge in [-0.15, -0.1) is 0 Å². The SMILES string of the molecule is CC(C)(N)CCCc1cc(C(C)(C)C)cc(C(F)(F)F)c1. The van der Waals surface area contributed by atoms with E-state index in [0.717, 1.165) is 24.0 Å². The molecule has 0 spiro atoms. The molecule has 1 aromatic carbocycles. The molecule has 4 heteroatoms. The molecule has 0 aliphatic rings. The third-order valence-electron chi connectivity index (χ3n) is 3.47. The Labute approximate surface area is 125 Å². The van der Waals surface area contributed by atoms with Crippen molar-refractivity contribution in [3.63, 3.8) is 0 Å². The molecule has 0 radical (unpaired) electrons. The van der Waals surface area contributed by atoms with Gasteiger partial charge >= 0.3 is 6.18 Å². The van der Waals surface area contributed by atoms with Crippen molar-refractivity contribution in [3.8, 4) is 0 Å². The Morgan fingerprint density at radius 1 is 0.905 bits per heavy atom. The Bertz CT molecular complexity index is 444. The van der Waals surface area contributed by atoms with Crippen LogP contribution in [0.2, 0.25) is 0 Å². The van der Waals surface area contributed by atoms with Crippen LogP contribution in [0.4, 0.5) is 13.2 Å². The Hall–Kier alpha value is -1.03. The van der Waals surface area contributed by atoms with E-state index in [2.05, 4.69) is 0 Å². The van der Waals surface area contributed by atoms with Gasteiger partial charge in [-0.1, -0.05) is 26.8 Å². The third-order valence-corrected chi connectivity index (χ3v) is 3.47. The minimum absolute atomic E-state index is 0.283. The van der Waals surface area contributed by atoms with Gasteiger partial charge in [0.05, 0.1) is 5.56 Å². The second-order valence-electron chi connectivity index (χ2n) is 7.51. The van der Waals surface area contributed by atoms with Gasteiger partial charge in [-0.2, -0.15) is 13.2 Å². The van der Waals surface area contributed by atoms with Crippen molar-refractivity contribution in [1.29, 1.82) is 0 Å². The second-order valence-corrected chi connectivity index (χ2v) is 7.51. The first-order valence-electron chi connectivity index (χ1n) is 7.29. The number of alkyl halides is 3. The average molecular weight is 301 g/mol. The molecule has 0 fully saturated rings. The van der Waals surface area contributed by atoms with E-state index in [9.17, 15) is 13.2 Å². The second kappa shape index (κ2) is 5.99. The van der Waals surface area contributed by atoms with E-state index < -0.39 is 11.7 Å². The lowest BCUT2D eigenvalue weighted by Gasteiger charge is -2.23. The van der Waals surface area contributed by atoms with Gasteiger partial charge in [-0.3, -0.25) is 0 Å². The van der Waals surface area contributed by atoms with Crippen molar-refractivity contribution in [2.75, 3.05) is 0 Å². The zero-order chi connectivity index (χ0) is 16.5. The summed E-state index contributed by atoms with van der Waals surface area (Å²) in [6, 6.07) is 4.41. The van der Waals surface area contributed by atoms with E-state index in [1.165, 1.54) is 12.1 Å². The Morgan fingerprint density at radius 2 is 1.43 bits per heavy atom. The van der Waals surface area contributed by atoms with Crippen molar-refractivity contribution in [1.82, 2.24) is 0 Å². The fraction of sp³-hybridized carbons (Fsp3) is 0.647. The molecule has 0 saturated heterocycles. The summed E-state index contributed by atoms with van der Waals surface area (Å²) in [5.41, 5.74) is 6.23. The van der Waals surface area contributed by atoms with Crippen LogP contribution in [0, 0.1) is 0 Å². The first-order valence-corrected chi connectivity index (χ1v) is 7.29. The molecule has 0 unspecified atom stereocenters. The predicted octanol–water partition coefficient (Wildman–Crippen LogP) is 5.06. The van der Waals surface area contributed by atoms with Crippen LogP contribution in [0.3, 0.4) is 0 Å². The number of nitrogens with two attached hydrogens (primary N) is 1. The number of rotatable bonds is 4. The van der Waals surface area contributed by atoms with E-state index >= 15 is 0 Å². The zero-order valence-corrected chi connectivity index (χ0v) is 13.6. The molecule has 2 N–H and O–H groups in total. The summed E-state index contributed by atoms with van der Waals surface area (Å²) >= 11 is 0. The molecule has 0 aromatic heterocycles. The first-order chi connectivity index (χ1) is 9.29. The van der Waals surface area contributed by atoms with Gasteiger partial charge in [0.2, 0.25) is 0 Å². The average Bonchev–Trinajstić information content (AvgIpc) is 2.24. The summed E-state index contributed by atoms with van der Waals surface area (Å²) < 4.78 is 39.1. The maximum atomic E-state index is 13.0. The highest BCUT2D eigenvalue weighted by Gasteiger charge is 2.32. The first kappa shape index (κ1) is 18.0. The van der Waals surface area contributed by atoms with Crippen molar-refractivity contribution < 1.29 is 13.2 Å². The highest BCUT2D eigenvalue weighted by atomic mass is 19.4. The van der Waals surface area contributed by atoms with E-state index in [1.807, 2.05) is 40.7 Å². The standard InChI is InChI=1S/C17H26F3N/c1-15(2,3)13-9-12(7-6-8-16(4,5)21)10-14(11-13)17(18,19)20/h9-11H,6-8,21H2,1-5H3. The van der Waals surface area contributed by atoms with E-state index in [1.54, 1.807) is 0 Å². The van der Waals surface area contributed by atoms with Gasteiger partial charge in [0.15, 0.2) is 0 Å². The molecule has 1 aromatic rings. The largest absolute Gasteiger partial charge is 0.416 e. The van der Waals surface area contributed by atoms with Gasteiger partial charge in [-0.05, 0) is 61.8 Å². The fourth-order valence-electron chi connectivity index (χ4n) is 2.18. The van der Waals surface area contributed by atoms with Crippen molar-refractivity contribution in [3.05, 3.63) is 34.9 Å². The summed E-state index contributed by atoms with van der Waals surface area (Å²) in [5, 5.41) is 0. The topological polar surface area (TPSA) is 26.0 Å². The summed E-state index contributed by atoms with van der Waals surface area (Å²) in [6.07, 6.45) is -2.11. The van der Waals surface area contributed by atoms with Crippen LogP contribution in [-0.2, 0) is 18.0 Å². The van der Waals surface area contributed by atoms with Gasteiger partial charge in [0, 0.05) is 5.54 Å². The van der Waals surface area contributed by atoms with Gasteiger partial charge in [0.1, 0.15) is 0 Å². The zero-order valence-electron chi connectivity index (χ0n) is 13.6. The molecular formula is C17H26F3N. The molecule has 1 nitrogen and oxygen atoms in total. The molecule has 21 heavy (non-hydrogen) atoms. The third kappa shape index (κ3) is 6.08. The minimum Gasteiger partial charge on any atom is -0.326 e. The van der Waals surface area contributed by atoms with Crippen molar-refractivity contribution >= 4 is 0 Å². The monoisotopic (exact) mass is 301 g/mol. The Balaban J connectivity index is 3.03. The lowest BCUT2D eigenvalue weighted by Crippen LogP contribution is -2.31. The van der Waals surface area contributed by atoms with Gasteiger partial charge in [-0.25, -0.2) is 0 Å². The lowest BCUT2D eigenvalue weighted by molar-refractivity contribution is -0.137. The van der Waals surface area contributed by atoms with Crippen LogP contribution < -0.4 is 5.73 Å². The molecule has 1 rings (SSSR count). The van der Waals surface area contributed by atoms with Crippen LogP contribution >= 0.6 is 0 Å². The van der Waals surface area contributed by atoms with Crippen LogP contribution in [0.1, 0.15) is 64.2 Å². The molecular weight excluding hydrogens is 275 g/mol. The maximum Gasteiger partial charge on any atom is 0.416 e. The number of hydrogen-bond acceptors (Lipinski definition) is 1. The van der Waals surface area contributed by atoms with E-state index in [4.69, 9.17) is 5.73 Å². The number of aryl methyl sites for hydroxylation is 1. The summed E-state index contributed by atoms with van der Waals surface area (Å²) in [6.45, 7) is 9.64. The highest BCUT2D eigenvalue weighted by molar-refractivity contribution is 5.35. The van der Waals surface area contributed by atoms with Crippen LogP contribution in [-0.4, -0.2) is 5.54 Å². The molecule has 0 aliphatic carbocycles. The maximum absolute atomic E-state index is 13.0. The summed E-state index contributed by atoms with van der Waals surface area (Å²) in [5.74, 6) is 0. The fourth-order valence-corrected chi connectivity index (χ4v) is 2.18. The molecule has 0 saturated carbocycles. The molecule has 0 heterocycles. The van der Waals surface area contributed by atoms with Crippen molar-refractivity contribution in [2.24, 2.45) is 5.73 Å². The number of benzene rings is 1. The lowest BCUT2D eigenvalue weighted by atomic mass is 9.84. The van der Waals surface area contributed by atoms with E-state index in [0.29, 0.717) is 6.42 Å². The molecule has 0 atom stereocenters. The molecule has 0 bridgehead atoms. The Kier molecular flexibility index (Phi) is 5.14. The minimum atomic E-state index is -4.30. The number of halogens is 3. The molecule has 0 aliphatic heterocycles. The van der Waals surface area contributed by atoms with Gasteiger partial charge < -0.3 is 5.73 Å². The summed E-state index contributed by atoms with van der Waals surface area (Å²) in [7, 11) is 0. The normalized spacial score (nSPS) is 13.6.